The molecule has 1 aliphatic heterocycles. The number of esters is 2. The molecular formula is C22H19NO7S. The summed E-state index contributed by atoms with van der Waals surface area (Å²) in [5.41, 5.74) is 1.70. The standard InChI is InChI=1S/C22H19NO7S/c1-28-22(25)20-10-9-17(30-20)14-29-21(24)16-6-4-7-18(13-16)31(26,27)23-12-11-15-5-2-3-8-19(15)23/h2-10,13H,11-12,14H2,1H3. The highest BCUT2D eigenvalue weighted by molar-refractivity contribution is 7.92. The SMILES string of the molecule is COC(=O)c1ccc(COC(=O)c2cccc(S(=O)(=O)N3CCc4ccccc43)c2)o1. The number of rotatable bonds is 6. The van der Waals surface area contributed by atoms with Gasteiger partial charge in [0.1, 0.15) is 12.4 Å². The fourth-order valence-corrected chi connectivity index (χ4v) is 4.90. The highest BCUT2D eigenvalue weighted by atomic mass is 32.2. The van der Waals surface area contributed by atoms with Gasteiger partial charge in [-0.3, -0.25) is 4.31 Å². The molecule has 9 heteroatoms. The summed E-state index contributed by atoms with van der Waals surface area (Å²) in [4.78, 5) is 23.9. The van der Waals surface area contributed by atoms with Gasteiger partial charge < -0.3 is 13.9 Å². The molecule has 0 saturated heterocycles. The molecule has 0 saturated carbocycles. The molecule has 0 amide bonds. The molecular weight excluding hydrogens is 422 g/mol. The van der Waals surface area contributed by atoms with Gasteiger partial charge in [0.05, 0.1) is 23.3 Å². The summed E-state index contributed by atoms with van der Waals surface area (Å²) in [5, 5.41) is 0. The molecule has 0 bridgehead atoms. The fraction of sp³-hybridized carbons (Fsp3) is 0.182. The lowest BCUT2D eigenvalue weighted by atomic mass is 10.2. The van der Waals surface area contributed by atoms with Gasteiger partial charge in [0, 0.05) is 6.54 Å². The number of para-hydroxylation sites is 1. The second kappa shape index (κ2) is 8.27. The third kappa shape index (κ3) is 4.04. The Kier molecular flexibility index (Phi) is 5.51. The number of carbonyl (C=O) groups excluding carboxylic acids is 2. The van der Waals surface area contributed by atoms with Crippen molar-refractivity contribution < 1.29 is 31.9 Å². The lowest BCUT2D eigenvalue weighted by Gasteiger charge is -2.19. The van der Waals surface area contributed by atoms with Gasteiger partial charge in [-0.25, -0.2) is 18.0 Å². The number of nitrogens with zero attached hydrogens (tertiary/aromatic N) is 1. The Morgan fingerprint density at radius 1 is 1.03 bits per heavy atom. The van der Waals surface area contributed by atoms with Crippen molar-refractivity contribution in [3.63, 3.8) is 0 Å². The van der Waals surface area contributed by atoms with Crippen LogP contribution in [0, 0.1) is 0 Å². The maximum atomic E-state index is 13.2. The Bertz CT molecular complexity index is 1250. The van der Waals surface area contributed by atoms with E-state index in [-0.39, 0.29) is 28.6 Å². The number of methoxy groups -OCH3 is 1. The molecule has 2 aromatic carbocycles. The van der Waals surface area contributed by atoms with E-state index < -0.39 is 22.0 Å². The monoisotopic (exact) mass is 441 g/mol. The van der Waals surface area contributed by atoms with E-state index in [0.717, 1.165) is 5.56 Å². The lowest BCUT2D eigenvalue weighted by molar-refractivity contribution is 0.0438. The molecule has 1 aromatic heterocycles. The molecule has 0 N–H and O–H groups in total. The molecule has 0 aliphatic carbocycles. The summed E-state index contributed by atoms with van der Waals surface area (Å²) in [5.74, 6) is -1.10. The number of hydrogen-bond donors (Lipinski definition) is 0. The van der Waals surface area contributed by atoms with Crippen LogP contribution in [0.15, 0.2) is 70.0 Å². The van der Waals surface area contributed by atoms with E-state index in [4.69, 9.17) is 9.15 Å². The van der Waals surface area contributed by atoms with Crippen molar-refractivity contribution in [2.24, 2.45) is 0 Å². The number of fused-ring (bicyclic) bond motifs is 1. The summed E-state index contributed by atoms with van der Waals surface area (Å²) in [6.45, 7) is 0.129. The van der Waals surface area contributed by atoms with Crippen LogP contribution in [0.3, 0.4) is 0 Å². The van der Waals surface area contributed by atoms with E-state index in [1.165, 1.54) is 47.8 Å². The first-order valence-corrected chi connectivity index (χ1v) is 10.9. The normalized spacial score (nSPS) is 13.0. The predicted octanol–water partition coefficient (Wildman–Crippen LogP) is 3.17. The van der Waals surface area contributed by atoms with Crippen molar-refractivity contribution in [1.29, 1.82) is 0 Å². The van der Waals surface area contributed by atoms with Crippen LogP contribution in [-0.4, -0.2) is 34.0 Å². The summed E-state index contributed by atoms with van der Waals surface area (Å²) in [6.07, 6.45) is 0.633. The third-order valence-corrected chi connectivity index (χ3v) is 6.71. The van der Waals surface area contributed by atoms with Crippen LogP contribution in [0.5, 0.6) is 0 Å². The maximum absolute atomic E-state index is 13.2. The van der Waals surface area contributed by atoms with Crippen LogP contribution < -0.4 is 4.31 Å². The molecule has 1 aliphatic rings. The van der Waals surface area contributed by atoms with E-state index in [0.29, 0.717) is 18.7 Å². The van der Waals surface area contributed by atoms with Crippen LogP contribution in [0.1, 0.15) is 32.2 Å². The van der Waals surface area contributed by atoms with Crippen LogP contribution in [0.2, 0.25) is 0 Å². The van der Waals surface area contributed by atoms with Crippen LogP contribution >= 0.6 is 0 Å². The third-order valence-electron chi connectivity index (χ3n) is 4.90. The van der Waals surface area contributed by atoms with Crippen molar-refractivity contribution in [3.05, 3.63) is 83.3 Å². The maximum Gasteiger partial charge on any atom is 0.373 e. The van der Waals surface area contributed by atoms with Crippen molar-refractivity contribution in [1.82, 2.24) is 0 Å². The number of benzene rings is 2. The van der Waals surface area contributed by atoms with E-state index >= 15 is 0 Å². The molecule has 0 unspecified atom stereocenters. The average molecular weight is 441 g/mol. The number of carbonyl (C=O) groups is 2. The van der Waals surface area contributed by atoms with E-state index in [1.54, 1.807) is 12.1 Å². The number of sulfonamides is 1. The molecule has 0 radical (unpaired) electrons. The summed E-state index contributed by atoms with van der Waals surface area (Å²) in [6, 6.07) is 15.9. The Morgan fingerprint density at radius 2 is 1.84 bits per heavy atom. The quantitative estimate of drug-likeness (QED) is 0.541. The van der Waals surface area contributed by atoms with Gasteiger partial charge in [0.2, 0.25) is 5.76 Å². The Labute approximate surface area is 179 Å². The Balaban J connectivity index is 1.50. The molecule has 0 spiro atoms. The number of anilines is 1. The number of ether oxygens (including phenoxy) is 2. The molecule has 8 nitrogen and oxygen atoms in total. The molecule has 160 valence electrons. The van der Waals surface area contributed by atoms with Crippen molar-refractivity contribution in [2.45, 2.75) is 17.9 Å². The molecule has 0 fully saturated rings. The Hall–Kier alpha value is -3.59. The number of furan rings is 1. The van der Waals surface area contributed by atoms with Gasteiger partial charge in [-0.1, -0.05) is 24.3 Å². The van der Waals surface area contributed by atoms with Crippen LogP contribution in [-0.2, 0) is 32.5 Å². The zero-order chi connectivity index (χ0) is 22.0. The molecule has 31 heavy (non-hydrogen) atoms. The second-order valence-corrected chi connectivity index (χ2v) is 8.68. The molecule has 0 atom stereocenters. The van der Waals surface area contributed by atoms with Gasteiger partial charge in [-0.15, -0.1) is 0 Å². The smallest absolute Gasteiger partial charge is 0.373 e. The van der Waals surface area contributed by atoms with Crippen molar-refractivity contribution >= 4 is 27.6 Å². The van der Waals surface area contributed by atoms with E-state index in [2.05, 4.69) is 4.74 Å². The summed E-state index contributed by atoms with van der Waals surface area (Å²) < 4.78 is 42.7. The number of hydrogen-bond acceptors (Lipinski definition) is 7. The van der Waals surface area contributed by atoms with Crippen LogP contribution in [0.4, 0.5) is 5.69 Å². The topological polar surface area (TPSA) is 103 Å². The zero-order valence-corrected chi connectivity index (χ0v) is 17.4. The van der Waals surface area contributed by atoms with Gasteiger partial charge in [0.25, 0.3) is 10.0 Å². The average Bonchev–Trinajstić information content (AvgIpc) is 3.44. The first-order valence-electron chi connectivity index (χ1n) is 9.45. The minimum atomic E-state index is -3.83. The summed E-state index contributed by atoms with van der Waals surface area (Å²) >= 11 is 0. The van der Waals surface area contributed by atoms with E-state index in [1.807, 2.05) is 12.1 Å². The first kappa shape index (κ1) is 20.7. The van der Waals surface area contributed by atoms with Gasteiger partial charge in [-0.2, -0.15) is 0 Å². The second-order valence-electron chi connectivity index (χ2n) is 6.82. The fourth-order valence-electron chi connectivity index (χ4n) is 3.35. The summed E-state index contributed by atoms with van der Waals surface area (Å²) in [7, 11) is -2.60. The van der Waals surface area contributed by atoms with Gasteiger partial charge in [-0.05, 0) is 48.4 Å². The lowest BCUT2D eigenvalue weighted by Crippen LogP contribution is -2.29. The molecule has 3 aromatic rings. The Morgan fingerprint density at radius 3 is 2.65 bits per heavy atom. The largest absolute Gasteiger partial charge is 0.463 e. The predicted molar refractivity (Wildman–Crippen MR) is 110 cm³/mol. The highest BCUT2D eigenvalue weighted by Crippen LogP contribution is 2.32. The minimum absolute atomic E-state index is 0.00429. The molecule has 2 heterocycles. The van der Waals surface area contributed by atoms with Gasteiger partial charge in [0.15, 0.2) is 0 Å². The minimum Gasteiger partial charge on any atom is -0.463 e. The van der Waals surface area contributed by atoms with Crippen molar-refractivity contribution in [2.75, 3.05) is 18.0 Å². The molecule has 4 rings (SSSR count). The van der Waals surface area contributed by atoms with Crippen molar-refractivity contribution in [3.8, 4) is 0 Å². The highest BCUT2D eigenvalue weighted by Gasteiger charge is 2.31. The first-order chi connectivity index (χ1) is 14.9. The van der Waals surface area contributed by atoms with Gasteiger partial charge >= 0.3 is 11.9 Å². The zero-order valence-electron chi connectivity index (χ0n) is 16.6. The van der Waals surface area contributed by atoms with E-state index in [9.17, 15) is 18.0 Å². The van der Waals surface area contributed by atoms with Crippen LogP contribution in [0.25, 0.3) is 0 Å².